The lowest BCUT2D eigenvalue weighted by Gasteiger charge is -2.16. The van der Waals surface area contributed by atoms with E-state index in [1.54, 1.807) is 12.1 Å². The summed E-state index contributed by atoms with van der Waals surface area (Å²) in [6, 6.07) is 8.06. The molecule has 3 aromatic rings. The molecule has 3 rings (SSSR count). The Kier molecular flexibility index (Phi) is 4.50. The first kappa shape index (κ1) is 17.7. The van der Waals surface area contributed by atoms with Crippen molar-refractivity contribution in [2.24, 2.45) is 0 Å². The number of nitrogens with two attached hydrogens (primary N) is 1. The smallest absolute Gasteiger partial charge is 0.420 e. The Morgan fingerprint density at radius 1 is 0.885 bits per heavy atom. The summed E-state index contributed by atoms with van der Waals surface area (Å²) in [6.45, 7) is 0. The summed E-state index contributed by atoms with van der Waals surface area (Å²) < 4.78 is 55.8. The van der Waals surface area contributed by atoms with Gasteiger partial charge in [0.1, 0.15) is 17.1 Å². The number of alkyl halides is 3. The zero-order chi connectivity index (χ0) is 18.9. The zero-order valence-corrected chi connectivity index (χ0v) is 13.9. The van der Waals surface area contributed by atoms with Crippen LogP contribution in [0.3, 0.4) is 0 Å². The highest BCUT2D eigenvalue weighted by Gasteiger charge is 2.35. The Morgan fingerprint density at radius 3 is 2.23 bits per heavy atom. The normalized spacial score (nSPS) is 11.4. The molecule has 0 unspecified atom stereocenters. The zero-order valence-electron chi connectivity index (χ0n) is 13.9. The van der Waals surface area contributed by atoms with Crippen LogP contribution in [0.25, 0.3) is 10.9 Å². The van der Waals surface area contributed by atoms with Crippen molar-refractivity contribution in [3.05, 3.63) is 48.2 Å². The van der Waals surface area contributed by atoms with Gasteiger partial charge in [-0.15, -0.1) is 0 Å². The number of benzene rings is 2. The summed E-state index contributed by atoms with van der Waals surface area (Å²) in [5.74, 6) is 0.708. The van der Waals surface area contributed by atoms with Crippen LogP contribution < -0.4 is 19.9 Å². The van der Waals surface area contributed by atoms with E-state index in [9.17, 15) is 13.2 Å². The molecule has 1 aromatic heterocycles. The predicted octanol–water partition coefficient (Wildman–Crippen LogP) is 4.65. The summed E-state index contributed by atoms with van der Waals surface area (Å²) in [5, 5.41) is 0.482. The van der Waals surface area contributed by atoms with E-state index in [0.29, 0.717) is 22.4 Å². The van der Waals surface area contributed by atoms with E-state index < -0.39 is 11.7 Å². The summed E-state index contributed by atoms with van der Waals surface area (Å²) in [6.07, 6.45) is -3.16. The van der Waals surface area contributed by atoms with Gasteiger partial charge in [-0.1, -0.05) is 0 Å². The number of fused-ring (bicyclic) bond motifs is 1. The fourth-order valence-electron chi connectivity index (χ4n) is 2.51. The number of hydrogen-bond donors (Lipinski definition) is 1. The molecule has 0 saturated heterocycles. The van der Waals surface area contributed by atoms with Gasteiger partial charge in [0.15, 0.2) is 11.5 Å². The molecule has 26 heavy (non-hydrogen) atoms. The third kappa shape index (κ3) is 3.30. The summed E-state index contributed by atoms with van der Waals surface area (Å²) in [7, 11) is 2.94. The molecule has 0 aliphatic carbocycles. The predicted molar refractivity (Wildman–Crippen MR) is 90.8 cm³/mol. The number of methoxy groups -OCH3 is 2. The largest absolute Gasteiger partial charge is 0.493 e. The molecule has 0 aliphatic rings. The quantitative estimate of drug-likeness (QED) is 0.683. The lowest BCUT2D eigenvalue weighted by Crippen LogP contribution is -2.08. The third-order valence-corrected chi connectivity index (χ3v) is 3.74. The Morgan fingerprint density at radius 2 is 1.58 bits per heavy atom. The van der Waals surface area contributed by atoms with Crippen molar-refractivity contribution in [3.63, 3.8) is 0 Å². The molecule has 8 heteroatoms. The molecule has 0 radical (unpaired) electrons. The number of aromatic nitrogens is 1. The Labute approximate surface area is 147 Å². The fraction of sp³-hybridized carbons (Fsp3) is 0.167. The number of anilines is 1. The van der Waals surface area contributed by atoms with Gasteiger partial charge in [0, 0.05) is 23.3 Å². The van der Waals surface area contributed by atoms with Crippen molar-refractivity contribution in [3.8, 4) is 23.0 Å². The van der Waals surface area contributed by atoms with Gasteiger partial charge in [0.25, 0.3) is 0 Å². The van der Waals surface area contributed by atoms with Crippen LogP contribution in [-0.2, 0) is 6.18 Å². The lowest BCUT2D eigenvalue weighted by molar-refractivity contribution is -0.138. The van der Waals surface area contributed by atoms with Crippen LogP contribution >= 0.6 is 0 Å². The maximum absolute atomic E-state index is 13.3. The van der Waals surface area contributed by atoms with Gasteiger partial charge >= 0.3 is 6.18 Å². The molecule has 2 N–H and O–H groups in total. The topological polar surface area (TPSA) is 66.6 Å². The van der Waals surface area contributed by atoms with Crippen molar-refractivity contribution in [1.82, 2.24) is 4.98 Å². The van der Waals surface area contributed by atoms with Gasteiger partial charge in [-0.2, -0.15) is 13.2 Å². The van der Waals surface area contributed by atoms with E-state index in [1.165, 1.54) is 38.6 Å². The van der Waals surface area contributed by atoms with E-state index in [2.05, 4.69) is 4.98 Å². The molecule has 0 atom stereocenters. The highest BCUT2D eigenvalue weighted by molar-refractivity contribution is 5.88. The fourth-order valence-corrected chi connectivity index (χ4v) is 2.51. The SMILES string of the molecule is COc1cc2nccc(Oc3ccc(N)cc3C(F)(F)F)c2cc1OC. The summed E-state index contributed by atoms with van der Waals surface area (Å²) in [4.78, 5) is 4.20. The van der Waals surface area contributed by atoms with Crippen molar-refractivity contribution < 1.29 is 27.4 Å². The van der Waals surface area contributed by atoms with E-state index in [4.69, 9.17) is 19.9 Å². The van der Waals surface area contributed by atoms with Crippen LogP contribution in [0.2, 0.25) is 0 Å². The van der Waals surface area contributed by atoms with E-state index in [1.807, 2.05) is 0 Å². The molecule has 0 amide bonds. The van der Waals surface area contributed by atoms with Gasteiger partial charge in [-0.05, 0) is 30.3 Å². The minimum Gasteiger partial charge on any atom is -0.493 e. The maximum atomic E-state index is 13.3. The second kappa shape index (κ2) is 6.62. The third-order valence-electron chi connectivity index (χ3n) is 3.74. The van der Waals surface area contributed by atoms with Gasteiger partial charge < -0.3 is 19.9 Å². The van der Waals surface area contributed by atoms with E-state index in [-0.39, 0.29) is 17.2 Å². The van der Waals surface area contributed by atoms with Crippen molar-refractivity contribution in [2.75, 3.05) is 20.0 Å². The van der Waals surface area contributed by atoms with Gasteiger partial charge in [0.2, 0.25) is 0 Å². The number of hydrogen-bond acceptors (Lipinski definition) is 5. The number of halogens is 3. The molecule has 0 spiro atoms. The highest BCUT2D eigenvalue weighted by Crippen LogP contribution is 2.41. The maximum Gasteiger partial charge on any atom is 0.420 e. The van der Waals surface area contributed by atoms with E-state index in [0.717, 1.165) is 6.07 Å². The first-order valence-electron chi connectivity index (χ1n) is 7.49. The Balaban J connectivity index is 2.13. The van der Waals surface area contributed by atoms with E-state index >= 15 is 0 Å². The molecule has 0 fully saturated rings. The summed E-state index contributed by atoms with van der Waals surface area (Å²) in [5.41, 5.74) is 5.01. The molecule has 2 aromatic carbocycles. The standard InChI is InChI=1S/C18H15F3N2O3/c1-24-16-8-11-13(9-17(16)25-2)23-6-5-14(11)26-15-4-3-10(22)7-12(15)18(19,20)21/h3-9H,22H2,1-2H3. The Bertz CT molecular complexity index is 958. The molecular weight excluding hydrogens is 349 g/mol. The van der Waals surface area contributed by atoms with Crippen LogP contribution in [0, 0.1) is 0 Å². The van der Waals surface area contributed by atoms with Gasteiger partial charge in [-0.3, -0.25) is 4.98 Å². The van der Waals surface area contributed by atoms with Crippen molar-refractivity contribution in [2.45, 2.75) is 6.18 Å². The molecule has 0 saturated carbocycles. The monoisotopic (exact) mass is 364 g/mol. The van der Waals surface area contributed by atoms with Crippen LogP contribution in [0.5, 0.6) is 23.0 Å². The average Bonchev–Trinajstić information content (AvgIpc) is 2.61. The first-order valence-corrected chi connectivity index (χ1v) is 7.49. The number of ether oxygens (including phenoxy) is 3. The van der Waals surface area contributed by atoms with Crippen LogP contribution in [-0.4, -0.2) is 19.2 Å². The number of rotatable bonds is 4. The van der Waals surface area contributed by atoms with Gasteiger partial charge in [0.05, 0.1) is 19.7 Å². The van der Waals surface area contributed by atoms with Gasteiger partial charge in [-0.25, -0.2) is 0 Å². The number of nitrogen functional groups attached to an aromatic ring is 1. The number of nitrogens with zero attached hydrogens (tertiary/aromatic N) is 1. The number of pyridine rings is 1. The highest BCUT2D eigenvalue weighted by atomic mass is 19.4. The lowest BCUT2D eigenvalue weighted by atomic mass is 10.1. The van der Waals surface area contributed by atoms with Crippen LogP contribution in [0.15, 0.2) is 42.6 Å². The molecule has 0 aliphatic heterocycles. The Hall–Kier alpha value is -3.16. The minimum absolute atomic E-state index is 0.00401. The minimum atomic E-state index is -4.60. The second-order valence-electron chi connectivity index (χ2n) is 5.39. The molecule has 0 bridgehead atoms. The molecule has 136 valence electrons. The summed E-state index contributed by atoms with van der Waals surface area (Å²) >= 11 is 0. The van der Waals surface area contributed by atoms with Crippen molar-refractivity contribution >= 4 is 16.6 Å². The van der Waals surface area contributed by atoms with Crippen LogP contribution in [0.4, 0.5) is 18.9 Å². The first-order chi connectivity index (χ1) is 12.3. The average molecular weight is 364 g/mol. The molecule has 1 heterocycles. The van der Waals surface area contributed by atoms with Crippen LogP contribution in [0.1, 0.15) is 5.56 Å². The van der Waals surface area contributed by atoms with Crippen molar-refractivity contribution in [1.29, 1.82) is 0 Å². The second-order valence-corrected chi connectivity index (χ2v) is 5.39. The molecular formula is C18H15F3N2O3. The molecule has 5 nitrogen and oxygen atoms in total.